The molecule has 44 valence electrons. The van der Waals surface area contributed by atoms with Gasteiger partial charge in [0.2, 0.25) is 0 Å². The second kappa shape index (κ2) is 6.19. The third-order valence-electron chi connectivity index (χ3n) is 0.308. The van der Waals surface area contributed by atoms with Gasteiger partial charge in [-0.3, -0.25) is 4.79 Å². The van der Waals surface area contributed by atoms with Gasteiger partial charge in [-0.05, 0) is 0 Å². The Hall–Kier alpha value is 0.190. The van der Waals surface area contributed by atoms with Crippen molar-refractivity contribution in [3.05, 3.63) is 0 Å². The number of alkyl halides is 1. The number of carboxylic acid groups (broad SMARTS) is 1. The van der Waals surface area contributed by atoms with Crippen LogP contribution < -0.4 is 0 Å². The van der Waals surface area contributed by atoms with Crippen LogP contribution in [0.2, 0.25) is 0 Å². The molecule has 0 heterocycles. The lowest BCUT2D eigenvalue weighted by Crippen LogP contribution is -1.93. The summed E-state index contributed by atoms with van der Waals surface area (Å²) in [5, 5.41) is 7.83. The molecule has 7 heavy (non-hydrogen) atoms. The first-order valence-corrected chi connectivity index (χ1v) is 2.08. The Labute approximate surface area is 50.5 Å². The second-order valence-corrected chi connectivity index (χ2v) is 1.21. The number of aliphatic carboxylic acids is 1. The second-order valence-electron chi connectivity index (χ2n) is 0.833. The van der Waals surface area contributed by atoms with Crippen molar-refractivity contribution in [3.8, 4) is 0 Å². The van der Waals surface area contributed by atoms with Crippen molar-refractivity contribution in [2.75, 3.05) is 5.88 Å². The highest BCUT2D eigenvalue weighted by Gasteiger charge is 1.89. The monoisotopic (exact) mass is 142 g/mol. The molecule has 0 spiro atoms. The fourth-order valence-corrected chi connectivity index (χ4v) is 0.243. The van der Waals surface area contributed by atoms with E-state index in [1.54, 1.807) is 0 Å². The number of carbonyl (C=O) groups is 1. The highest BCUT2D eigenvalue weighted by Crippen LogP contribution is 1.80. The van der Waals surface area contributed by atoms with Crippen molar-refractivity contribution < 1.29 is 9.90 Å². The van der Waals surface area contributed by atoms with Gasteiger partial charge >= 0.3 is 5.97 Å². The highest BCUT2D eigenvalue weighted by atomic mass is 35.5. The Morgan fingerprint density at radius 2 is 2.14 bits per heavy atom. The van der Waals surface area contributed by atoms with Crippen molar-refractivity contribution >= 4 is 27.5 Å². The summed E-state index contributed by atoms with van der Waals surface area (Å²) < 4.78 is 0. The van der Waals surface area contributed by atoms with Gasteiger partial charge in [-0.25, -0.2) is 0 Å². The van der Waals surface area contributed by atoms with E-state index in [0.29, 0.717) is 0 Å². The van der Waals surface area contributed by atoms with E-state index in [0.717, 1.165) is 0 Å². The zero-order chi connectivity index (χ0) is 4.99. The maximum absolute atomic E-state index is 9.51. The molecule has 0 amide bonds. The number of hydrogen-bond donors (Lipinski definition) is 1. The van der Waals surface area contributed by atoms with E-state index >= 15 is 0 Å². The molecule has 0 aliphatic rings. The minimum atomic E-state index is -0.843. The van der Waals surface area contributed by atoms with Crippen LogP contribution >= 0.6 is 21.5 Å². The molecule has 0 saturated carbocycles. The van der Waals surface area contributed by atoms with E-state index in [2.05, 4.69) is 0 Å². The fraction of sp³-hybridized carbons (Fsp3) is 0.667. The Balaban J connectivity index is 0. The van der Waals surface area contributed by atoms with Crippen LogP contribution in [0.5, 0.6) is 0 Å². The molecule has 1 unspecified atom stereocenters. The molecule has 0 aliphatic heterocycles. The molecule has 0 radical (unpaired) electrons. The number of hydrogen-bond acceptors (Lipinski definition) is 1. The zero-order valence-corrected chi connectivity index (χ0v) is 6.02. The minimum Gasteiger partial charge on any atom is -0.481 e. The molecule has 0 bridgehead atoms. The van der Waals surface area contributed by atoms with Gasteiger partial charge in [-0.1, -0.05) is 0 Å². The van der Waals surface area contributed by atoms with Gasteiger partial charge in [-0.2, -0.15) is 9.90 Å². The van der Waals surface area contributed by atoms with Crippen molar-refractivity contribution in [1.82, 2.24) is 0 Å². The Morgan fingerprint density at radius 3 is 2.14 bits per heavy atom. The molecule has 1 atom stereocenters. The summed E-state index contributed by atoms with van der Waals surface area (Å²) in [6, 6.07) is 0. The summed E-state index contributed by atoms with van der Waals surface area (Å²) in [6.45, 7) is 0. The summed E-state index contributed by atoms with van der Waals surface area (Å²) >= 11 is 5.02. The van der Waals surface area contributed by atoms with Crippen molar-refractivity contribution in [2.45, 2.75) is 6.42 Å². The molecule has 0 saturated heterocycles. The third-order valence-corrected chi connectivity index (χ3v) is 0.497. The smallest absolute Gasteiger partial charge is 0.304 e. The van der Waals surface area contributed by atoms with E-state index < -0.39 is 5.97 Å². The predicted molar refractivity (Wildman–Crippen MR) is 34.1 cm³/mol. The molecule has 0 aromatic heterocycles. The lowest BCUT2D eigenvalue weighted by Gasteiger charge is -1.78. The Bertz CT molecular complexity index is 56.9. The summed E-state index contributed by atoms with van der Waals surface area (Å²) in [5.74, 6) is -0.639. The average molecular weight is 143 g/mol. The van der Waals surface area contributed by atoms with Gasteiger partial charge in [0, 0.05) is 5.88 Å². The van der Waals surface area contributed by atoms with E-state index in [-0.39, 0.29) is 22.2 Å². The molecule has 1 N–H and O–H groups in total. The van der Waals surface area contributed by atoms with Crippen LogP contribution in [0.15, 0.2) is 0 Å². The molecule has 2 nitrogen and oxygen atoms in total. The fourth-order valence-electron chi connectivity index (χ4n) is 0.0808. The quantitative estimate of drug-likeness (QED) is 0.457. The van der Waals surface area contributed by atoms with Gasteiger partial charge in [0.25, 0.3) is 0 Å². The molecule has 0 aromatic rings. The van der Waals surface area contributed by atoms with Crippen LogP contribution in [0.3, 0.4) is 0 Å². The highest BCUT2D eigenvalue weighted by molar-refractivity contribution is 6.92. The molecule has 0 aromatic carbocycles. The lowest BCUT2D eigenvalue weighted by molar-refractivity contribution is -0.136. The molecular weight excluding hydrogens is 134 g/mol. The molecule has 0 aliphatic carbocycles. The van der Waals surface area contributed by atoms with Crippen LogP contribution in [0, 0.1) is 0 Å². The van der Waals surface area contributed by atoms with Crippen LogP contribution in [0.4, 0.5) is 0 Å². The van der Waals surface area contributed by atoms with Crippen molar-refractivity contribution in [2.24, 2.45) is 0 Å². The standard InChI is InChI=1S/C3H5ClO2.H3P/c4-2-1-3(5)6;/h1-2H2,(H,5,6);1H3. The van der Waals surface area contributed by atoms with Gasteiger partial charge in [-0.15, -0.1) is 11.6 Å². The molecular formula is C3H8ClO2P. The number of halogens is 1. The summed E-state index contributed by atoms with van der Waals surface area (Å²) in [7, 11) is 0. The largest absolute Gasteiger partial charge is 0.481 e. The summed E-state index contributed by atoms with van der Waals surface area (Å²) in [5.41, 5.74) is 0. The first-order valence-electron chi connectivity index (χ1n) is 1.55. The normalized spacial score (nSPS) is 7.00. The van der Waals surface area contributed by atoms with Crippen molar-refractivity contribution in [1.29, 1.82) is 0 Å². The van der Waals surface area contributed by atoms with Gasteiger partial charge < -0.3 is 5.11 Å². The molecule has 0 rings (SSSR count). The van der Waals surface area contributed by atoms with Crippen LogP contribution in [0.25, 0.3) is 0 Å². The van der Waals surface area contributed by atoms with E-state index in [4.69, 9.17) is 16.7 Å². The average Bonchev–Trinajstić information content (AvgIpc) is 1.35. The van der Waals surface area contributed by atoms with E-state index in [1.807, 2.05) is 0 Å². The van der Waals surface area contributed by atoms with Gasteiger partial charge in [0.05, 0.1) is 6.42 Å². The van der Waals surface area contributed by atoms with Gasteiger partial charge in [0.15, 0.2) is 0 Å². The third kappa shape index (κ3) is 10.7. The van der Waals surface area contributed by atoms with Crippen LogP contribution in [-0.2, 0) is 4.79 Å². The summed E-state index contributed by atoms with van der Waals surface area (Å²) in [4.78, 5) is 9.51. The molecule has 4 heteroatoms. The summed E-state index contributed by atoms with van der Waals surface area (Å²) in [6.07, 6.45) is 0.0571. The number of carboxylic acids is 1. The van der Waals surface area contributed by atoms with Crippen LogP contribution in [0.1, 0.15) is 6.42 Å². The SMILES string of the molecule is O=C(O)CCCl.P. The van der Waals surface area contributed by atoms with Gasteiger partial charge in [0.1, 0.15) is 0 Å². The predicted octanol–water partition coefficient (Wildman–Crippen LogP) is 0.758. The maximum Gasteiger partial charge on any atom is 0.304 e. The maximum atomic E-state index is 9.51. The van der Waals surface area contributed by atoms with Crippen molar-refractivity contribution in [3.63, 3.8) is 0 Å². The zero-order valence-electron chi connectivity index (χ0n) is 3.85. The number of rotatable bonds is 2. The Morgan fingerprint density at radius 1 is 1.71 bits per heavy atom. The first kappa shape index (κ1) is 10.2. The first-order chi connectivity index (χ1) is 2.77. The molecule has 0 fully saturated rings. The van der Waals surface area contributed by atoms with E-state index in [9.17, 15) is 4.79 Å². The van der Waals surface area contributed by atoms with Crippen LogP contribution in [-0.4, -0.2) is 17.0 Å². The topological polar surface area (TPSA) is 37.3 Å². The Kier molecular flexibility index (Phi) is 9.04. The lowest BCUT2D eigenvalue weighted by atomic mass is 10.5. The van der Waals surface area contributed by atoms with E-state index in [1.165, 1.54) is 0 Å². The minimum absolute atomic E-state index is 0.